The Bertz CT molecular complexity index is 1020. The molecule has 0 spiro atoms. The van der Waals surface area contributed by atoms with Gasteiger partial charge < -0.3 is 10.1 Å². The van der Waals surface area contributed by atoms with Crippen LogP contribution < -0.4 is 5.32 Å². The van der Waals surface area contributed by atoms with Crippen LogP contribution in [0.2, 0.25) is 5.02 Å². The Balaban J connectivity index is 1.65. The van der Waals surface area contributed by atoms with Gasteiger partial charge in [-0.3, -0.25) is 4.79 Å². The molecule has 134 valence electrons. The monoisotopic (exact) mass is 373 g/mol. The summed E-state index contributed by atoms with van der Waals surface area (Å²) in [5.41, 5.74) is 2.96. The first-order valence-electron chi connectivity index (χ1n) is 7.77. The molecule has 0 aliphatic heterocycles. The summed E-state index contributed by atoms with van der Waals surface area (Å²) in [6.45, 7) is 5.05. The maximum Gasteiger partial charge on any atom is 0.378 e. The number of carbonyl (C=O) groups is 2. The van der Waals surface area contributed by atoms with Crippen LogP contribution in [0.5, 0.6) is 0 Å². The van der Waals surface area contributed by atoms with Gasteiger partial charge in [0, 0.05) is 11.4 Å². The van der Waals surface area contributed by atoms with Gasteiger partial charge in [0.1, 0.15) is 0 Å². The fraction of sp³-hybridized carbons (Fsp3) is 0.235. The van der Waals surface area contributed by atoms with Gasteiger partial charge >= 0.3 is 5.97 Å². The fourth-order valence-corrected chi connectivity index (χ4v) is 2.64. The van der Waals surface area contributed by atoms with Crippen LogP contribution in [0.1, 0.15) is 27.6 Å². The highest BCUT2D eigenvalue weighted by molar-refractivity contribution is 6.33. The summed E-state index contributed by atoms with van der Waals surface area (Å²) in [5.74, 6) is -1.19. The third kappa shape index (κ3) is 3.80. The number of rotatable bonds is 4. The van der Waals surface area contributed by atoms with Crippen LogP contribution in [0.4, 0.5) is 5.69 Å². The van der Waals surface area contributed by atoms with Crippen LogP contribution in [0.15, 0.2) is 24.3 Å². The number of aryl methyl sites for hydroxylation is 3. The van der Waals surface area contributed by atoms with Crippen molar-refractivity contribution >= 4 is 34.9 Å². The number of benzene rings is 1. The van der Waals surface area contributed by atoms with Gasteiger partial charge in [-0.1, -0.05) is 17.7 Å². The number of anilines is 1. The Hall–Kier alpha value is -3.00. The average molecular weight is 374 g/mol. The maximum absolute atomic E-state index is 12.1. The molecule has 0 saturated heterocycles. The molecule has 9 heteroatoms. The molecule has 2 aromatic heterocycles. The molecule has 0 aliphatic carbocycles. The maximum atomic E-state index is 12.1. The molecular weight excluding hydrogens is 358 g/mol. The summed E-state index contributed by atoms with van der Waals surface area (Å²) in [5, 5.41) is 7.04. The average Bonchev–Trinajstić information content (AvgIpc) is 2.99. The van der Waals surface area contributed by atoms with Gasteiger partial charge in [-0.15, -0.1) is 5.10 Å². The number of aromatic nitrogens is 4. The van der Waals surface area contributed by atoms with E-state index in [0.717, 1.165) is 17.0 Å². The number of hydrogen-bond donors (Lipinski definition) is 1. The first-order chi connectivity index (χ1) is 12.3. The molecule has 0 unspecified atom stereocenters. The smallest absolute Gasteiger partial charge is 0.378 e. The van der Waals surface area contributed by atoms with Crippen LogP contribution in [-0.4, -0.2) is 38.1 Å². The van der Waals surface area contributed by atoms with Crippen LogP contribution in [0.25, 0.3) is 5.78 Å². The number of carbonyl (C=O) groups excluding carboxylic acids is 2. The molecule has 0 atom stereocenters. The standard InChI is InChI=1S/C17H16ClN5O3/c1-9-4-5-13(12(18)6-9)20-14(24)8-26-16(25)15-21-17-19-10(2)7-11(3)23(17)22-15/h4-7H,8H2,1-3H3,(H,20,24). The number of hydrogen-bond acceptors (Lipinski definition) is 6. The van der Waals surface area contributed by atoms with Gasteiger partial charge in [0.2, 0.25) is 0 Å². The van der Waals surface area contributed by atoms with E-state index < -0.39 is 18.5 Å². The third-order valence-corrected chi connectivity index (χ3v) is 3.85. The van der Waals surface area contributed by atoms with E-state index in [-0.39, 0.29) is 5.82 Å². The Morgan fingerprint density at radius 2 is 1.96 bits per heavy atom. The van der Waals surface area contributed by atoms with E-state index in [0.29, 0.717) is 16.5 Å². The number of nitrogens with one attached hydrogen (secondary N) is 1. The van der Waals surface area contributed by atoms with Crippen molar-refractivity contribution in [3.05, 3.63) is 52.1 Å². The summed E-state index contributed by atoms with van der Waals surface area (Å²) in [7, 11) is 0. The van der Waals surface area contributed by atoms with Crippen molar-refractivity contribution in [3.63, 3.8) is 0 Å². The zero-order valence-electron chi connectivity index (χ0n) is 14.4. The van der Waals surface area contributed by atoms with Crippen molar-refractivity contribution in [2.45, 2.75) is 20.8 Å². The van der Waals surface area contributed by atoms with Crippen molar-refractivity contribution in [1.29, 1.82) is 0 Å². The summed E-state index contributed by atoms with van der Waals surface area (Å²) in [6, 6.07) is 7.03. The molecule has 26 heavy (non-hydrogen) atoms. The van der Waals surface area contributed by atoms with Crippen LogP contribution in [-0.2, 0) is 9.53 Å². The third-order valence-electron chi connectivity index (χ3n) is 3.53. The van der Waals surface area contributed by atoms with E-state index in [1.165, 1.54) is 4.52 Å². The molecule has 1 amide bonds. The number of amides is 1. The Morgan fingerprint density at radius 1 is 1.19 bits per heavy atom. The second-order valence-electron chi connectivity index (χ2n) is 5.79. The predicted octanol–water partition coefficient (Wildman–Crippen LogP) is 2.50. The zero-order chi connectivity index (χ0) is 18.8. The molecule has 3 aromatic rings. The van der Waals surface area contributed by atoms with Gasteiger partial charge in [0.15, 0.2) is 6.61 Å². The van der Waals surface area contributed by atoms with Gasteiger partial charge in [0.25, 0.3) is 17.5 Å². The van der Waals surface area contributed by atoms with Crippen molar-refractivity contribution in [1.82, 2.24) is 19.6 Å². The normalized spacial score (nSPS) is 10.8. The fourth-order valence-electron chi connectivity index (χ4n) is 2.36. The first-order valence-corrected chi connectivity index (χ1v) is 8.15. The second kappa shape index (κ2) is 7.09. The highest BCUT2D eigenvalue weighted by atomic mass is 35.5. The number of halogens is 1. The predicted molar refractivity (Wildman–Crippen MR) is 95.4 cm³/mol. The molecule has 0 aliphatic rings. The Kier molecular flexibility index (Phi) is 4.85. The van der Waals surface area contributed by atoms with Crippen LogP contribution in [0, 0.1) is 20.8 Å². The summed E-state index contributed by atoms with van der Waals surface area (Å²) in [4.78, 5) is 32.3. The lowest BCUT2D eigenvalue weighted by atomic mass is 10.2. The van der Waals surface area contributed by atoms with Crippen molar-refractivity contribution in [2.24, 2.45) is 0 Å². The second-order valence-corrected chi connectivity index (χ2v) is 6.20. The number of ether oxygens (including phenoxy) is 1. The lowest BCUT2D eigenvalue weighted by Gasteiger charge is -2.07. The van der Waals surface area contributed by atoms with Crippen molar-refractivity contribution in [2.75, 3.05) is 11.9 Å². The highest BCUT2D eigenvalue weighted by Crippen LogP contribution is 2.22. The van der Waals surface area contributed by atoms with Gasteiger partial charge in [-0.25, -0.2) is 14.3 Å². The zero-order valence-corrected chi connectivity index (χ0v) is 15.2. The minimum atomic E-state index is -0.808. The molecule has 0 bridgehead atoms. The molecule has 0 radical (unpaired) electrons. The minimum Gasteiger partial charge on any atom is -0.450 e. The molecular formula is C17H16ClN5O3. The van der Waals surface area contributed by atoms with Gasteiger partial charge in [-0.05, 0) is 44.5 Å². The lowest BCUT2D eigenvalue weighted by Crippen LogP contribution is -2.21. The van der Waals surface area contributed by atoms with Crippen molar-refractivity contribution < 1.29 is 14.3 Å². The van der Waals surface area contributed by atoms with E-state index in [2.05, 4.69) is 20.4 Å². The van der Waals surface area contributed by atoms with E-state index in [1.54, 1.807) is 12.1 Å². The highest BCUT2D eigenvalue weighted by Gasteiger charge is 2.18. The molecule has 0 saturated carbocycles. The Labute approximate surface area is 154 Å². The molecule has 8 nitrogen and oxygen atoms in total. The number of fused-ring (bicyclic) bond motifs is 1. The topological polar surface area (TPSA) is 98.5 Å². The SMILES string of the molecule is Cc1ccc(NC(=O)COC(=O)c2nc3nc(C)cc(C)n3n2)c(Cl)c1. The number of nitrogens with zero attached hydrogens (tertiary/aromatic N) is 4. The van der Waals surface area contributed by atoms with E-state index in [9.17, 15) is 9.59 Å². The summed E-state index contributed by atoms with van der Waals surface area (Å²) in [6.07, 6.45) is 0. The van der Waals surface area contributed by atoms with Crippen LogP contribution in [0.3, 0.4) is 0 Å². The quantitative estimate of drug-likeness (QED) is 0.705. The van der Waals surface area contributed by atoms with Crippen LogP contribution >= 0.6 is 11.6 Å². The number of esters is 1. The molecule has 3 rings (SSSR count). The lowest BCUT2D eigenvalue weighted by molar-refractivity contribution is -0.119. The molecule has 0 fully saturated rings. The minimum absolute atomic E-state index is 0.160. The largest absolute Gasteiger partial charge is 0.450 e. The van der Waals surface area contributed by atoms with E-state index in [1.807, 2.05) is 32.9 Å². The van der Waals surface area contributed by atoms with E-state index in [4.69, 9.17) is 16.3 Å². The summed E-state index contributed by atoms with van der Waals surface area (Å²) < 4.78 is 6.41. The first kappa shape index (κ1) is 17.8. The van der Waals surface area contributed by atoms with E-state index >= 15 is 0 Å². The molecule has 1 aromatic carbocycles. The molecule has 1 N–H and O–H groups in total. The van der Waals surface area contributed by atoms with Gasteiger partial charge in [0.05, 0.1) is 10.7 Å². The van der Waals surface area contributed by atoms with Gasteiger partial charge in [-0.2, -0.15) is 4.98 Å². The molecule has 2 heterocycles. The summed E-state index contributed by atoms with van der Waals surface area (Å²) >= 11 is 6.05. The Morgan fingerprint density at radius 3 is 2.69 bits per heavy atom. The van der Waals surface area contributed by atoms with Crippen molar-refractivity contribution in [3.8, 4) is 0 Å².